The van der Waals surface area contributed by atoms with E-state index < -0.39 is 0 Å². The van der Waals surface area contributed by atoms with E-state index in [1.54, 1.807) is 6.07 Å². The minimum absolute atomic E-state index is 0. The fourth-order valence-corrected chi connectivity index (χ4v) is 3.00. The van der Waals surface area contributed by atoms with Gasteiger partial charge in [-0.05, 0) is 35.0 Å². The molecule has 0 aliphatic carbocycles. The molecule has 1 saturated heterocycles. The number of aromatic hydroxyl groups is 1. The van der Waals surface area contributed by atoms with Gasteiger partial charge in [-0.25, -0.2) is 0 Å². The molecule has 1 aliphatic rings. The molecule has 0 radical (unpaired) electrons. The van der Waals surface area contributed by atoms with E-state index in [9.17, 15) is 5.11 Å². The Morgan fingerprint density at radius 2 is 1.89 bits per heavy atom. The Morgan fingerprint density at radius 3 is 2.47 bits per heavy atom. The van der Waals surface area contributed by atoms with Crippen molar-refractivity contribution in [2.45, 2.75) is 13.0 Å². The Kier molecular flexibility index (Phi) is 8.68. The van der Waals surface area contributed by atoms with Gasteiger partial charge in [0.1, 0.15) is 5.75 Å². The molecule has 19 heavy (non-hydrogen) atoms. The highest BCUT2D eigenvalue weighted by Gasteiger charge is 2.21. The molecule has 110 valence electrons. The van der Waals surface area contributed by atoms with Gasteiger partial charge in [0.05, 0.1) is 4.47 Å². The van der Waals surface area contributed by atoms with Crippen LogP contribution in [0.5, 0.6) is 5.75 Å². The average molecular weight is 393 g/mol. The Hall–Kier alpha value is 0.290. The van der Waals surface area contributed by atoms with E-state index >= 15 is 0 Å². The van der Waals surface area contributed by atoms with Crippen molar-refractivity contribution in [3.63, 3.8) is 0 Å². The van der Waals surface area contributed by atoms with Crippen molar-refractivity contribution in [3.8, 4) is 5.75 Å². The monoisotopic (exact) mass is 390 g/mol. The van der Waals surface area contributed by atoms with Gasteiger partial charge in [0.15, 0.2) is 0 Å². The predicted molar refractivity (Wildman–Crippen MR) is 88.2 cm³/mol. The van der Waals surface area contributed by atoms with Crippen LogP contribution in [0, 0.1) is 0 Å². The minimum atomic E-state index is 0. The first kappa shape index (κ1) is 19.3. The van der Waals surface area contributed by atoms with Crippen LogP contribution in [-0.4, -0.2) is 36.2 Å². The normalized spacial score (nSPS) is 17.2. The number of hydrogen-bond donors (Lipinski definition) is 2. The van der Waals surface area contributed by atoms with E-state index in [1.165, 1.54) is 0 Å². The number of piperazine rings is 1. The van der Waals surface area contributed by atoms with Gasteiger partial charge in [-0.15, -0.1) is 24.8 Å². The molecule has 1 atom stereocenters. The smallest absolute Gasteiger partial charge is 0.134 e. The van der Waals surface area contributed by atoms with Gasteiger partial charge in [-0.2, -0.15) is 0 Å². The molecule has 0 amide bonds. The van der Waals surface area contributed by atoms with E-state index in [0.29, 0.717) is 15.2 Å². The first-order valence-electron chi connectivity index (χ1n) is 5.72. The van der Waals surface area contributed by atoms with Crippen LogP contribution in [0.4, 0.5) is 0 Å². The van der Waals surface area contributed by atoms with Crippen LogP contribution >= 0.6 is 52.3 Å². The van der Waals surface area contributed by atoms with E-state index in [4.69, 9.17) is 11.6 Å². The van der Waals surface area contributed by atoms with Gasteiger partial charge < -0.3 is 10.4 Å². The van der Waals surface area contributed by atoms with Gasteiger partial charge in [0.25, 0.3) is 0 Å². The summed E-state index contributed by atoms with van der Waals surface area (Å²) in [6.07, 6.45) is 0. The Morgan fingerprint density at radius 1 is 1.32 bits per heavy atom. The van der Waals surface area contributed by atoms with Crippen LogP contribution in [0.3, 0.4) is 0 Å². The summed E-state index contributed by atoms with van der Waals surface area (Å²) in [4.78, 5) is 2.34. The van der Waals surface area contributed by atoms with Crippen LogP contribution in [0.15, 0.2) is 16.6 Å². The zero-order valence-corrected chi connectivity index (χ0v) is 14.5. The number of nitrogens with zero attached hydrogens (tertiary/aromatic N) is 1. The first-order chi connectivity index (χ1) is 8.09. The zero-order valence-electron chi connectivity index (χ0n) is 10.5. The lowest BCUT2D eigenvalue weighted by atomic mass is 10.1. The van der Waals surface area contributed by atoms with Crippen LogP contribution in [0.1, 0.15) is 18.5 Å². The van der Waals surface area contributed by atoms with Crippen LogP contribution < -0.4 is 5.32 Å². The molecule has 0 aromatic heterocycles. The third-order valence-corrected chi connectivity index (χ3v) is 4.03. The maximum atomic E-state index is 10.1. The molecule has 0 saturated carbocycles. The van der Waals surface area contributed by atoms with Gasteiger partial charge in [-0.3, -0.25) is 4.90 Å². The second kappa shape index (κ2) is 8.55. The van der Waals surface area contributed by atoms with Crippen molar-refractivity contribution in [1.29, 1.82) is 0 Å². The summed E-state index contributed by atoms with van der Waals surface area (Å²) in [7, 11) is 0. The fourth-order valence-electron chi connectivity index (χ4n) is 2.17. The first-order valence-corrected chi connectivity index (χ1v) is 6.89. The second-order valence-electron chi connectivity index (χ2n) is 4.29. The molecule has 7 heteroatoms. The zero-order chi connectivity index (χ0) is 12.4. The number of rotatable bonds is 2. The van der Waals surface area contributed by atoms with Crippen LogP contribution in [-0.2, 0) is 0 Å². The summed E-state index contributed by atoms with van der Waals surface area (Å²) in [5, 5.41) is 14.0. The predicted octanol–water partition coefficient (Wildman–Crippen LogP) is 3.62. The molecule has 3 nitrogen and oxygen atoms in total. The number of phenols is 1. The van der Waals surface area contributed by atoms with E-state index in [2.05, 4.69) is 33.1 Å². The molecule has 2 N–H and O–H groups in total. The summed E-state index contributed by atoms with van der Waals surface area (Å²) in [6, 6.07) is 3.73. The maximum Gasteiger partial charge on any atom is 0.134 e. The van der Waals surface area contributed by atoms with Crippen molar-refractivity contribution >= 4 is 52.3 Å². The molecule has 1 fully saturated rings. The molecule has 1 heterocycles. The van der Waals surface area contributed by atoms with Gasteiger partial charge in [-0.1, -0.05) is 11.6 Å². The Labute approximate surface area is 139 Å². The van der Waals surface area contributed by atoms with E-state index in [-0.39, 0.29) is 30.9 Å². The lowest BCUT2D eigenvalue weighted by Crippen LogP contribution is -2.44. The third kappa shape index (κ3) is 4.66. The number of benzene rings is 1. The molecule has 1 aromatic rings. The van der Waals surface area contributed by atoms with Crippen molar-refractivity contribution in [1.82, 2.24) is 10.2 Å². The van der Waals surface area contributed by atoms with E-state index in [1.807, 2.05) is 6.07 Å². The van der Waals surface area contributed by atoms with Crippen molar-refractivity contribution in [2.75, 3.05) is 26.2 Å². The summed E-state index contributed by atoms with van der Waals surface area (Å²) < 4.78 is 0.655. The summed E-state index contributed by atoms with van der Waals surface area (Å²) in [6.45, 7) is 6.07. The van der Waals surface area contributed by atoms with E-state index in [0.717, 1.165) is 31.7 Å². The topological polar surface area (TPSA) is 35.5 Å². The van der Waals surface area contributed by atoms with Gasteiger partial charge in [0, 0.05) is 42.8 Å². The molecule has 0 unspecified atom stereocenters. The number of nitrogens with one attached hydrogen (secondary N) is 1. The lowest BCUT2D eigenvalue weighted by molar-refractivity contribution is 0.183. The molecule has 2 rings (SSSR count). The standard InChI is InChI=1S/C12H16BrClN2O.2ClH/c1-8(16-4-2-15-3-5-16)10-6-9(14)7-11(13)12(10)17;;/h6-8,15,17H,2-5H2,1H3;2*1H/t8-;;/m0../s1. The third-order valence-electron chi connectivity index (χ3n) is 3.21. The lowest BCUT2D eigenvalue weighted by Gasteiger charge is -2.33. The molecule has 0 bridgehead atoms. The summed E-state index contributed by atoms with van der Waals surface area (Å²) in [5.74, 6) is 0.292. The fraction of sp³-hybridized carbons (Fsp3) is 0.500. The summed E-state index contributed by atoms with van der Waals surface area (Å²) in [5.41, 5.74) is 0.881. The molecular formula is C12H18BrCl3N2O. The Bertz CT molecular complexity index is 414. The summed E-state index contributed by atoms with van der Waals surface area (Å²) >= 11 is 9.36. The SMILES string of the molecule is C[C@@H](c1cc(Cl)cc(Br)c1O)N1CCNCC1.Cl.Cl. The van der Waals surface area contributed by atoms with Crippen LogP contribution in [0.2, 0.25) is 5.02 Å². The molecule has 0 spiro atoms. The highest BCUT2D eigenvalue weighted by molar-refractivity contribution is 9.10. The molecule has 1 aliphatic heterocycles. The highest BCUT2D eigenvalue weighted by Crippen LogP contribution is 2.37. The number of hydrogen-bond acceptors (Lipinski definition) is 3. The number of phenolic OH excluding ortho intramolecular Hbond substituents is 1. The minimum Gasteiger partial charge on any atom is -0.506 e. The quantitative estimate of drug-likeness (QED) is 0.807. The van der Waals surface area contributed by atoms with Gasteiger partial charge in [0.2, 0.25) is 0 Å². The largest absolute Gasteiger partial charge is 0.506 e. The van der Waals surface area contributed by atoms with Crippen LogP contribution in [0.25, 0.3) is 0 Å². The maximum absolute atomic E-state index is 10.1. The molecular weight excluding hydrogens is 374 g/mol. The second-order valence-corrected chi connectivity index (χ2v) is 5.58. The Balaban J connectivity index is 0.00000162. The van der Waals surface area contributed by atoms with Gasteiger partial charge >= 0.3 is 0 Å². The van der Waals surface area contributed by atoms with Crippen molar-refractivity contribution in [2.24, 2.45) is 0 Å². The van der Waals surface area contributed by atoms with Crippen molar-refractivity contribution < 1.29 is 5.11 Å². The highest BCUT2D eigenvalue weighted by atomic mass is 79.9. The van der Waals surface area contributed by atoms with Crippen molar-refractivity contribution in [3.05, 3.63) is 27.2 Å². The average Bonchev–Trinajstić information content (AvgIpc) is 2.34. The number of halogens is 4. The molecule has 1 aromatic carbocycles.